The van der Waals surface area contributed by atoms with Crippen molar-refractivity contribution in [3.05, 3.63) is 29.4 Å². The fraction of sp³-hybridized carbons (Fsp3) is 0.467. The summed E-state index contributed by atoms with van der Waals surface area (Å²) in [6.45, 7) is 4.20. The van der Waals surface area contributed by atoms with Gasteiger partial charge in [0, 0.05) is 25.0 Å². The third kappa shape index (κ3) is 4.36. The van der Waals surface area contributed by atoms with Gasteiger partial charge in [0.15, 0.2) is 0 Å². The van der Waals surface area contributed by atoms with E-state index in [0.29, 0.717) is 11.6 Å². The van der Waals surface area contributed by atoms with Gasteiger partial charge >= 0.3 is 6.03 Å². The largest absolute Gasteiger partial charge is 0.338 e. The Balaban J connectivity index is 1.75. The van der Waals surface area contributed by atoms with Crippen LogP contribution in [0.4, 0.5) is 4.79 Å². The predicted octanol–water partition coefficient (Wildman–Crippen LogP) is 3.18. The van der Waals surface area contributed by atoms with Crippen molar-refractivity contribution in [2.24, 2.45) is 0 Å². The molecule has 5 nitrogen and oxygen atoms in total. The summed E-state index contributed by atoms with van der Waals surface area (Å²) in [6, 6.07) is 5.68. The summed E-state index contributed by atoms with van der Waals surface area (Å²) in [6.07, 6.45) is 4.69. The van der Waals surface area contributed by atoms with E-state index in [9.17, 15) is 4.79 Å². The molecular formula is C15H21ClN4O. The fourth-order valence-corrected chi connectivity index (χ4v) is 2.34. The molecule has 21 heavy (non-hydrogen) atoms. The van der Waals surface area contributed by atoms with E-state index < -0.39 is 0 Å². The first-order valence-corrected chi connectivity index (χ1v) is 7.72. The lowest BCUT2D eigenvalue weighted by Crippen LogP contribution is -2.36. The van der Waals surface area contributed by atoms with Gasteiger partial charge < -0.3 is 10.6 Å². The molecule has 2 N–H and O–H groups in total. The van der Waals surface area contributed by atoms with Crippen molar-refractivity contribution < 1.29 is 4.79 Å². The van der Waals surface area contributed by atoms with Gasteiger partial charge in [0.05, 0.1) is 16.7 Å². The van der Waals surface area contributed by atoms with Gasteiger partial charge in [0.1, 0.15) is 0 Å². The van der Waals surface area contributed by atoms with E-state index in [1.165, 1.54) is 0 Å². The number of nitrogens with zero attached hydrogens (tertiary/aromatic N) is 2. The molecule has 2 amide bonds. The Kier molecular flexibility index (Phi) is 5.87. The average molecular weight is 309 g/mol. The van der Waals surface area contributed by atoms with E-state index >= 15 is 0 Å². The monoisotopic (exact) mass is 308 g/mol. The number of carbonyl (C=O) groups is 1. The Morgan fingerprint density at radius 2 is 2.05 bits per heavy atom. The van der Waals surface area contributed by atoms with Crippen LogP contribution in [0.5, 0.6) is 0 Å². The topological polar surface area (TPSA) is 59.0 Å². The zero-order valence-corrected chi connectivity index (χ0v) is 13.0. The second kappa shape index (κ2) is 7.88. The number of aryl methyl sites for hydroxylation is 1. The Morgan fingerprint density at radius 1 is 1.29 bits per heavy atom. The molecule has 0 aliphatic carbocycles. The molecule has 6 heteroatoms. The summed E-state index contributed by atoms with van der Waals surface area (Å²) >= 11 is 6.12. The number of amides is 2. The number of nitrogens with one attached hydrogen (secondary N) is 2. The van der Waals surface area contributed by atoms with Gasteiger partial charge in [-0.05, 0) is 25.0 Å². The molecule has 0 saturated heterocycles. The number of rotatable bonds is 7. The molecule has 0 aliphatic rings. The third-order valence-corrected chi connectivity index (χ3v) is 3.61. The van der Waals surface area contributed by atoms with Crippen LogP contribution in [0.2, 0.25) is 5.02 Å². The van der Waals surface area contributed by atoms with Gasteiger partial charge in [-0.3, -0.25) is 4.68 Å². The summed E-state index contributed by atoms with van der Waals surface area (Å²) in [5, 5.41) is 11.7. The number of hydrogen-bond acceptors (Lipinski definition) is 2. The number of aromatic nitrogens is 2. The number of unbranched alkanes of at least 4 members (excludes halogenated alkanes) is 1. The van der Waals surface area contributed by atoms with Crippen LogP contribution in [-0.2, 0) is 6.54 Å². The molecule has 2 aromatic rings. The second-order valence-corrected chi connectivity index (χ2v) is 5.34. The molecule has 0 atom stereocenters. The highest BCUT2D eigenvalue weighted by Gasteiger charge is 2.05. The van der Waals surface area contributed by atoms with Crippen molar-refractivity contribution in [2.45, 2.75) is 32.7 Å². The maximum Gasteiger partial charge on any atom is 0.314 e. The van der Waals surface area contributed by atoms with E-state index in [1.54, 1.807) is 6.20 Å². The van der Waals surface area contributed by atoms with Crippen LogP contribution in [0.1, 0.15) is 26.2 Å². The first kappa shape index (κ1) is 15.6. The summed E-state index contributed by atoms with van der Waals surface area (Å²) in [5.41, 5.74) is 1.02. The number of carbonyl (C=O) groups excluding carboxylic acids is 1. The van der Waals surface area contributed by atoms with Gasteiger partial charge in [-0.1, -0.05) is 31.0 Å². The van der Waals surface area contributed by atoms with Crippen LogP contribution in [0, 0.1) is 0 Å². The van der Waals surface area contributed by atoms with Gasteiger partial charge in [-0.15, -0.1) is 0 Å². The minimum atomic E-state index is -0.100. The van der Waals surface area contributed by atoms with Gasteiger partial charge in [-0.2, -0.15) is 5.10 Å². The number of urea groups is 1. The first-order chi connectivity index (χ1) is 10.2. The summed E-state index contributed by atoms with van der Waals surface area (Å²) in [7, 11) is 0. The second-order valence-electron chi connectivity index (χ2n) is 4.93. The number of halogens is 1. The molecule has 0 saturated carbocycles. The SMILES string of the molecule is CCCCNC(=O)NCCCn1ncc2c(Cl)cccc21. The third-order valence-electron chi connectivity index (χ3n) is 3.28. The van der Waals surface area contributed by atoms with Gasteiger partial charge in [-0.25, -0.2) is 4.79 Å². The van der Waals surface area contributed by atoms with Crippen LogP contribution >= 0.6 is 11.6 Å². The van der Waals surface area contributed by atoms with Crippen LogP contribution in [-0.4, -0.2) is 28.9 Å². The van der Waals surface area contributed by atoms with Crippen molar-refractivity contribution >= 4 is 28.5 Å². The van der Waals surface area contributed by atoms with Crippen molar-refractivity contribution in [2.75, 3.05) is 13.1 Å². The molecule has 2 rings (SSSR count). The van der Waals surface area contributed by atoms with Crippen molar-refractivity contribution in [1.29, 1.82) is 0 Å². The Morgan fingerprint density at radius 3 is 2.81 bits per heavy atom. The molecule has 1 aromatic heterocycles. The Hall–Kier alpha value is -1.75. The summed E-state index contributed by atoms with van der Waals surface area (Å²) in [4.78, 5) is 11.5. The fourth-order valence-electron chi connectivity index (χ4n) is 2.12. The van der Waals surface area contributed by atoms with E-state index in [4.69, 9.17) is 11.6 Å². The van der Waals surface area contributed by atoms with Crippen molar-refractivity contribution in [3.63, 3.8) is 0 Å². The van der Waals surface area contributed by atoms with E-state index in [1.807, 2.05) is 22.9 Å². The zero-order chi connectivity index (χ0) is 15.1. The summed E-state index contributed by atoms with van der Waals surface area (Å²) < 4.78 is 1.91. The van der Waals surface area contributed by atoms with Crippen molar-refractivity contribution in [3.8, 4) is 0 Å². The molecule has 0 bridgehead atoms. The van der Waals surface area contributed by atoms with Gasteiger partial charge in [0.25, 0.3) is 0 Å². The van der Waals surface area contributed by atoms with Crippen LogP contribution in [0.25, 0.3) is 10.9 Å². The Bertz CT molecular complexity index is 596. The number of hydrogen-bond donors (Lipinski definition) is 2. The Labute approximate surface area is 129 Å². The average Bonchev–Trinajstić information content (AvgIpc) is 2.89. The molecule has 1 heterocycles. The van der Waals surface area contributed by atoms with E-state index in [2.05, 4.69) is 22.7 Å². The smallest absolute Gasteiger partial charge is 0.314 e. The number of fused-ring (bicyclic) bond motifs is 1. The minimum Gasteiger partial charge on any atom is -0.338 e. The highest BCUT2D eigenvalue weighted by atomic mass is 35.5. The highest BCUT2D eigenvalue weighted by molar-refractivity contribution is 6.35. The predicted molar refractivity (Wildman–Crippen MR) is 85.7 cm³/mol. The molecular weight excluding hydrogens is 288 g/mol. The minimum absolute atomic E-state index is 0.100. The quantitative estimate of drug-likeness (QED) is 0.772. The molecule has 0 spiro atoms. The molecule has 0 fully saturated rings. The standard InChI is InChI=1S/C15H21ClN4O/c1-2-3-8-17-15(21)18-9-5-10-20-14-7-4-6-13(16)12(14)11-19-20/h4,6-7,11H,2-3,5,8-10H2,1H3,(H2,17,18,21). The maximum atomic E-state index is 11.5. The van der Waals surface area contributed by atoms with Crippen LogP contribution in [0.3, 0.4) is 0 Å². The van der Waals surface area contributed by atoms with Gasteiger partial charge in [0.2, 0.25) is 0 Å². The van der Waals surface area contributed by atoms with Crippen LogP contribution < -0.4 is 10.6 Å². The van der Waals surface area contributed by atoms with Crippen LogP contribution in [0.15, 0.2) is 24.4 Å². The summed E-state index contributed by atoms with van der Waals surface area (Å²) in [5.74, 6) is 0. The molecule has 1 aromatic carbocycles. The molecule has 0 radical (unpaired) electrons. The maximum absolute atomic E-state index is 11.5. The molecule has 0 aliphatic heterocycles. The number of benzene rings is 1. The normalized spacial score (nSPS) is 10.8. The molecule has 114 valence electrons. The lowest BCUT2D eigenvalue weighted by atomic mass is 10.2. The molecule has 0 unspecified atom stereocenters. The van der Waals surface area contributed by atoms with E-state index in [-0.39, 0.29) is 6.03 Å². The first-order valence-electron chi connectivity index (χ1n) is 7.34. The lowest BCUT2D eigenvalue weighted by Gasteiger charge is -2.07. The highest BCUT2D eigenvalue weighted by Crippen LogP contribution is 2.22. The van der Waals surface area contributed by atoms with Crippen molar-refractivity contribution in [1.82, 2.24) is 20.4 Å². The zero-order valence-electron chi connectivity index (χ0n) is 12.2. The lowest BCUT2D eigenvalue weighted by molar-refractivity contribution is 0.240. The van der Waals surface area contributed by atoms with E-state index in [0.717, 1.165) is 43.3 Å².